The van der Waals surface area contributed by atoms with Gasteiger partial charge in [0, 0.05) is 11.8 Å². The van der Waals surface area contributed by atoms with Crippen LogP contribution < -0.4 is 0 Å². The Morgan fingerprint density at radius 3 is 2.65 bits per heavy atom. The predicted molar refractivity (Wildman–Crippen MR) is 71.0 cm³/mol. The fraction of sp³-hybridized carbons (Fsp3) is 0.438. The van der Waals surface area contributed by atoms with E-state index in [1.54, 1.807) is 0 Å². The van der Waals surface area contributed by atoms with Gasteiger partial charge in [0.25, 0.3) is 0 Å². The number of allylic oxidation sites excluding steroid dienone is 1. The second-order valence-corrected chi connectivity index (χ2v) is 5.54. The third-order valence-corrected chi connectivity index (χ3v) is 4.45. The minimum Gasteiger partial charge on any atom is -0.303 e. The molecule has 2 rings (SSSR count). The van der Waals surface area contributed by atoms with Gasteiger partial charge in [0.15, 0.2) is 0 Å². The molecule has 0 saturated heterocycles. The highest BCUT2D eigenvalue weighted by Gasteiger charge is 2.51. The van der Waals surface area contributed by atoms with Crippen LogP contribution in [0.5, 0.6) is 0 Å². The molecule has 1 aromatic carbocycles. The summed E-state index contributed by atoms with van der Waals surface area (Å²) in [7, 11) is 0. The van der Waals surface area contributed by atoms with Gasteiger partial charge < -0.3 is 4.79 Å². The smallest absolute Gasteiger partial charge is 0.123 e. The molecule has 0 aromatic heterocycles. The average Bonchev–Trinajstić information content (AvgIpc) is 2.28. The molecule has 1 aromatic rings. The first-order valence-corrected chi connectivity index (χ1v) is 6.17. The van der Waals surface area contributed by atoms with Gasteiger partial charge in [-0.05, 0) is 36.8 Å². The van der Waals surface area contributed by atoms with Crippen LogP contribution in [0.15, 0.2) is 36.4 Å². The van der Waals surface area contributed by atoms with Crippen molar-refractivity contribution in [3.05, 3.63) is 47.5 Å². The Balaban J connectivity index is 2.44. The summed E-state index contributed by atoms with van der Waals surface area (Å²) in [4.78, 5) is 11.2. The maximum Gasteiger partial charge on any atom is 0.123 e. The monoisotopic (exact) mass is 228 g/mol. The predicted octanol–water partition coefficient (Wildman–Crippen LogP) is 3.88. The number of hydrogen-bond donors (Lipinski definition) is 0. The van der Waals surface area contributed by atoms with Crippen LogP contribution in [0.25, 0.3) is 0 Å². The molecule has 1 fully saturated rings. The van der Waals surface area contributed by atoms with E-state index in [4.69, 9.17) is 0 Å². The Morgan fingerprint density at radius 1 is 1.47 bits per heavy atom. The van der Waals surface area contributed by atoms with Gasteiger partial charge in [-0.2, -0.15) is 0 Å². The number of benzene rings is 1. The van der Waals surface area contributed by atoms with E-state index in [2.05, 4.69) is 45.5 Å². The highest BCUT2D eigenvalue weighted by Crippen LogP contribution is 2.59. The van der Waals surface area contributed by atoms with Crippen LogP contribution in [0.1, 0.15) is 37.3 Å². The highest BCUT2D eigenvalue weighted by molar-refractivity contribution is 5.61. The summed E-state index contributed by atoms with van der Waals surface area (Å²) in [6, 6.07) is 8.37. The minimum atomic E-state index is 0.0810. The molecule has 0 N–H and O–H groups in total. The van der Waals surface area contributed by atoms with E-state index in [9.17, 15) is 4.79 Å². The van der Waals surface area contributed by atoms with Crippen molar-refractivity contribution in [3.63, 3.8) is 0 Å². The molecule has 1 nitrogen and oxygen atoms in total. The molecular formula is C16H20O. The Kier molecular flexibility index (Phi) is 2.94. The number of hydrogen-bond acceptors (Lipinski definition) is 1. The average molecular weight is 228 g/mol. The molecular weight excluding hydrogens is 208 g/mol. The number of aryl methyl sites for hydroxylation is 1. The maximum absolute atomic E-state index is 11.2. The van der Waals surface area contributed by atoms with Gasteiger partial charge in [-0.3, -0.25) is 0 Å². The second kappa shape index (κ2) is 4.14. The van der Waals surface area contributed by atoms with E-state index in [0.29, 0.717) is 5.92 Å². The lowest BCUT2D eigenvalue weighted by Crippen LogP contribution is -2.45. The number of carbonyl (C=O) groups is 1. The third kappa shape index (κ3) is 1.74. The van der Waals surface area contributed by atoms with Crippen LogP contribution in [0, 0.1) is 18.3 Å². The SMILES string of the molecule is C=C(C)[C@]1(C)C[C@H](C=O)[C@H]1c1ccccc1C. The summed E-state index contributed by atoms with van der Waals surface area (Å²) in [6.45, 7) is 10.5. The largest absolute Gasteiger partial charge is 0.303 e. The second-order valence-electron chi connectivity index (χ2n) is 5.54. The van der Waals surface area contributed by atoms with Crippen molar-refractivity contribution in [2.75, 3.05) is 0 Å². The van der Waals surface area contributed by atoms with Crippen molar-refractivity contribution in [3.8, 4) is 0 Å². The molecule has 0 unspecified atom stereocenters. The summed E-state index contributed by atoms with van der Waals surface area (Å²) < 4.78 is 0. The van der Waals surface area contributed by atoms with Gasteiger partial charge in [-0.1, -0.05) is 43.3 Å². The Bertz CT molecular complexity index is 460. The molecule has 1 aliphatic carbocycles. The van der Waals surface area contributed by atoms with Crippen LogP contribution in [-0.2, 0) is 4.79 Å². The van der Waals surface area contributed by atoms with E-state index in [0.717, 1.165) is 12.7 Å². The van der Waals surface area contributed by atoms with Crippen LogP contribution in [0.4, 0.5) is 0 Å². The standard InChI is InChI=1S/C16H20O/c1-11(2)16(4)9-13(10-17)15(16)14-8-6-5-7-12(14)3/h5-8,10,13,15H,1,9H2,2-4H3/t13-,15+,16+/m1/s1. The molecule has 0 spiro atoms. The molecule has 1 aliphatic rings. The fourth-order valence-corrected chi connectivity index (χ4v) is 3.12. The van der Waals surface area contributed by atoms with E-state index >= 15 is 0 Å². The molecule has 3 atom stereocenters. The molecule has 17 heavy (non-hydrogen) atoms. The fourth-order valence-electron chi connectivity index (χ4n) is 3.12. The topological polar surface area (TPSA) is 17.1 Å². The molecule has 1 saturated carbocycles. The normalized spacial score (nSPS) is 31.7. The van der Waals surface area contributed by atoms with Gasteiger partial charge in [0.2, 0.25) is 0 Å². The molecule has 0 bridgehead atoms. The van der Waals surface area contributed by atoms with Crippen LogP contribution in [-0.4, -0.2) is 6.29 Å². The summed E-state index contributed by atoms with van der Waals surface area (Å²) in [5.41, 5.74) is 3.85. The zero-order valence-corrected chi connectivity index (χ0v) is 10.9. The molecule has 0 amide bonds. The lowest BCUT2D eigenvalue weighted by Gasteiger charge is -2.53. The lowest BCUT2D eigenvalue weighted by atomic mass is 9.50. The van der Waals surface area contributed by atoms with Gasteiger partial charge in [-0.25, -0.2) is 0 Å². The van der Waals surface area contributed by atoms with Crippen molar-refractivity contribution in [2.24, 2.45) is 11.3 Å². The first-order valence-electron chi connectivity index (χ1n) is 6.17. The van der Waals surface area contributed by atoms with Gasteiger partial charge in [0.1, 0.15) is 6.29 Å². The number of rotatable bonds is 3. The Hall–Kier alpha value is -1.37. The molecule has 0 aliphatic heterocycles. The zero-order valence-electron chi connectivity index (χ0n) is 10.9. The molecule has 0 radical (unpaired) electrons. The first kappa shape index (κ1) is 12.1. The minimum absolute atomic E-state index is 0.0810. The number of aldehydes is 1. The van der Waals surface area contributed by atoms with Crippen molar-refractivity contribution in [1.82, 2.24) is 0 Å². The Morgan fingerprint density at radius 2 is 2.12 bits per heavy atom. The van der Waals surface area contributed by atoms with Gasteiger partial charge in [0.05, 0.1) is 0 Å². The summed E-state index contributed by atoms with van der Waals surface area (Å²) >= 11 is 0. The zero-order chi connectivity index (χ0) is 12.6. The van der Waals surface area contributed by atoms with E-state index < -0.39 is 0 Å². The van der Waals surface area contributed by atoms with Crippen molar-refractivity contribution >= 4 is 6.29 Å². The first-order chi connectivity index (χ1) is 8.00. The van der Waals surface area contributed by atoms with Crippen molar-refractivity contribution < 1.29 is 4.79 Å². The molecule has 1 heteroatoms. The third-order valence-electron chi connectivity index (χ3n) is 4.45. The van der Waals surface area contributed by atoms with Gasteiger partial charge >= 0.3 is 0 Å². The summed E-state index contributed by atoms with van der Waals surface area (Å²) in [6.07, 6.45) is 2.05. The molecule has 0 heterocycles. The maximum atomic E-state index is 11.2. The van der Waals surface area contributed by atoms with E-state index in [1.807, 2.05) is 6.07 Å². The van der Waals surface area contributed by atoms with Crippen LogP contribution >= 0.6 is 0 Å². The van der Waals surface area contributed by atoms with Crippen LogP contribution in [0.2, 0.25) is 0 Å². The van der Waals surface area contributed by atoms with Crippen molar-refractivity contribution in [2.45, 2.75) is 33.1 Å². The van der Waals surface area contributed by atoms with Gasteiger partial charge in [-0.15, -0.1) is 0 Å². The van der Waals surface area contributed by atoms with E-state index in [1.165, 1.54) is 16.7 Å². The molecule has 90 valence electrons. The van der Waals surface area contributed by atoms with Crippen LogP contribution in [0.3, 0.4) is 0 Å². The van der Waals surface area contributed by atoms with E-state index in [-0.39, 0.29) is 11.3 Å². The quantitative estimate of drug-likeness (QED) is 0.567. The summed E-state index contributed by atoms with van der Waals surface area (Å²) in [5, 5.41) is 0. The summed E-state index contributed by atoms with van der Waals surface area (Å²) in [5.74, 6) is 0.455. The number of carbonyl (C=O) groups excluding carboxylic acids is 1. The Labute approximate surface area is 104 Å². The lowest BCUT2D eigenvalue weighted by molar-refractivity contribution is -0.118. The van der Waals surface area contributed by atoms with Crippen molar-refractivity contribution in [1.29, 1.82) is 0 Å². The highest BCUT2D eigenvalue weighted by atomic mass is 16.1.